The molecule has 3 unspecified atom stereocenters. The molecule has 3 atom stereocenters. The molecular formula is C27H40F2N4O6. The lowest BCUT2D eigenvalue weighted by Crippen LogP contribution is -2.58. The van der Waals surface area contributed by atoms with Crippen LogP contribution in [0.15, 0.2) is 0 Å². The van der Waals surface area contributed by atoms with Crippen LogP contribution in [0, 0.1) is 11.3 Å². The molecule has 3 aliphatic carbocycles. The van der Waals surface area contributed by atoms with Gasteiger partial charge in [-0.1, -0.05) is 25.7 Å². The zero-order valence-electron chi connectivity index (χ0n) is 22.5. The lowest BCUT2D eigenvalue weighted by atomic mass is 9.72. The monoisotopic (exact) mass is 554 g/mol. The Labute approximate surface area is 227 Å². The summed E-state index contributed by atoms with van der Waals surface area (Å²) in [6.07, 6.45) is 6.22. The highest BCUT2D eigenvalue weighted by Gasteiger charge is 2.51. The molecule has 0 bridgehead atoms. The molecule has 1 heterocycles. The van der Waals surface area contributed by atoms with Crippen LogP contribution in [0.25, 0.3) is 0 Å². The highest BCUT2D eigenvalue weighted by Crippen LogP contribution is 2.47. The second kappa shape index (κ2) is 11.8. The zero-order chi connectivity index (χ0) is 28.4. The van der Waals surface area contributed by atoms with Crippen molar-refractivity contribution in [2.24, 2.45) is 11.3 Å². The first-order valence-corrected chi connectivity index (χ1v) is 14.2. The Morgan fingerprint density at radius 1 is 1.00 bits per heavy atom. The molecule has 3 saturated carbocycles. The minimum Gasteiger partial charge on any atom is -0.465 e. The zero-order valence-corrected chi connectivity index (χ0v) is 22.5. The molecule has 4 aliphatic rings. The molecule has 4 N–H and O–H groups in total. The van der Waals surface area contributed by atoms with E-state index in [1.807, 2.05) is 0 Å². The number of halogens is 2. The average molecular weight is 555 g/mol. The summed E-state index contributed by atoms with van der Waals surface area (Å²) in [4.78, 5) is 65.7. The number of ketones is 1. The molecule has 1 aliphatic heterocycles. The lowest BCUT2D eigenvalue weighted by molar-refractivity contribution is -0.144. The highest BCUT2D eigenvalue weighted by atomic mass is 19.3. The summed E-state index contributed by atoms with van der Waals surface area (Å²) in [6, 6.07) is -3.55. The van der Waals surface area contributed by atoms with Crippen LogP contribution in [0.2, 0.25) is 0 Å². The highest BCUT2D eigenvalue weighted by molar-refractivity contribution is 6.38. The third kappa shape index (κ3) is 7.45. The number of hydrogen-bond acceptors (Lipinski definition) is 5. The molecule has 4 amide bonds. The Hall–Kier alpha value is -2.79. The van der Waals surface area contributed by atoms with Crippen molar-refractivity contribution in [2.45, 2.75) is 120 Å². The van der Waals surface area contributed by atoms with Gasteiger partial charge in [-0.15, -0.1) is 0 Å². The first-order valence-electron chi connectivity index (χ1n) is 14.2. The van der Waals surface area contributed by atoms with Crippen molar-refractivity contribution in [1.82, 2.24) is 20.9 Å². The third-order valence-corrected chi connectivity index (χ3v) is 8.82. The molecule has 0 radical (unpaired) electrons. The van der Waals surface area contributed by atoms with Crippen molar-refractivity contribution < 1.29 is 37.9 Å². The van der Waals surface area contributed by atoms with Crippen LogP contribution in [0.3, 0.4) is 0 Å². The van der Waals surface area contributed by atoms with Crippen LogP contribution >= 0.6 is 0 Å². The van der Waals surface area contributed by atoms with Gasteiger partial charge in [0.1, 0.15) is 12.1 Å². The maximum Gasteiger partial charge on any atom is 0.405 e. The fourth-order valence-electron chi connectivity index (χ4n) is 6.23. The van der Waals surface area contributed by atoms with Crippen molar-refractivity contribution >= 4 is 29.6 Å². The number of carboxylic acid groups (broad SMARTS) is 1. The van der Waals surface area contributed by atoms with Crippen LogP contribution in [-0.4, -0.2) is 76.2 Å². The van der Waals surface area contributed by atoms with E-state index in [1.165, 1.54) is 4.90 Å². The molecule has 10 nitrogen and oxygen atoms in total. The standard InChI is InChI=1S/C27H40F2N4O6/c1-26(28,29)13-10-18(21(34)23(36)30-17-8-9-17)31-22(35)19-14-27(11-3-2-4-12-27)15-33(19)24(37)20(32-25(38)39)16-6-5-7-16/h16-20,32H,2-15H2,1H3,(H,30,36)(H,31,35)(H,38,39). The van der Waals surface area contributed by atoms with Crippen LogP contribution in [-0.2, 0) is 19.2 Å². The van der Waals surface area contributed by atoms with E-state index in [0.717, 1.165) is 51.4 Å². The first-order chi connectivity index (χ1) is 18.4. The number of amides is 4. The number of nitrogens with zero attached hydrogens (tertiary/aromatic N) is 1. The van der Waals surface area contributed by atoms with Crippen molar-refractivity contribution in [1.29, 1.82) is 0 Å². The summed E-state index contributed by atoms with van der Waals surface area (Å²) in [5.41, 5.74) is -0.303. The molecule has 0 aromatic carbocycles. The smallest absolute Gasteiger partial charge is 0.405 e. The number of likely N-dealkylation sites (tertiary alicyclic amines) is 1. The molecule has 12 heteroatoms. The number of nitrogens with one attached hydrogen (secondary N) is 3. The molecular weight excluding hydrogens is 514 g/mol. The summed E-state index contributed by atoms with van der Waals surface area (Å²) in [5.74, 6) is -6.31. The van der Waals surface area contributed by atoms with E-state index in [0.29, 0.717) is 32.7 Å². The molecule has 1 spiro atoms. The Kier molecular flexibility index (Phi) is 8.80. The Morgan fingerprint density at radius 2 is 1.67 bits per heavy atom. The number of carbonyl (C=O) groups is 5. The average Bonchev–Trinajstić information content (AvgIpc) is 3.57. The maximum atomic E-state index is 13.8. The molecule has 4 rings (SSSR count). The fourth-order valence-corrected chi connectivity index (χ4v) is 6.23. The van der Waals surface area contributed by atoms with E-state index >= 15 is 0 Å². The van der Waals surface area contributed by atoms with Crippen molar-refractivity contribution in [3.63, 3.8) is 0 Å². The summed E-state index contributed by atoms with van der Waals surface area (Å²) >= 11 is 0. The number of alkyl halides is 2. The largest absolute Gasteiger partial charge is 0.465 e. The quantitative estimate of drug-likeness (QED) is 0.289. The summed E-state index contributed by atoms with van der Waals surface area (Å²) in [6.45, 7) is 1.00. The van der Waals surface area contributed by atoms with Gasteiger partial charge in [-0.2, -0.15) is 0 Å². The lowest BCUT2D eigenvalue weighted by Gasteiger charge is -2.37. The first kappa shape index (κ1) is 29.2. The van der Waals surface area contributed by atoms with Gasteiger partial charge in [0.25, 0.3) is 5.91 Å². The fraction of sp³-hybridized carbons (Fsp3) is 0.815. The molecule has 0 aromatic rings. The number of rotatable bonds is 11. The second-order valence-electron chi connectivity index (χ2n) is 12.1. The van der Waals surface area contributed by atoms with Crippen LogP contribution in [0.1, 0.15) is 90.4 Å². The van der Waals surface area contributed by atoms with E-state index in [2.05, 4.69) is 16.0 Å². The maximum absolute atomic E-state index is 13.8. The van der Waals surface area contributed by atoms with Crippen LogP contribution < -0.4 is 16.0 Å². The Balaban J connectivity index is 1.55. The number of hydrogen-bond donors (Lipinski definition) is 4. The van der Waals surface area contributed by atoms with Gasteiger partial charge in [0.05, 0.1) is 6.04 Å². The van der Waals surface area contributed by atoms with Gasteiger partial charge in [-0.05, 0) is 69.6 Å². The van der Waals surface area contributed by atoms with Gasteiger partial charge in [-0.3, -0.25) is 19.2 Å². The summed E-state index contributed by atoms with van der Waals surface area (Å²) in [7, 11) is 0. The van der Waals surface area contributed by atoms with Crippen LogP contribution in [0.5, 0.6) is 0 Å². The van der Waals surface area contributed by atoms with Gasteiger partial charge in [0, 0.05) is 19.0 Å². The predicted molar refractivity (Wildman–Crippen MR) is 136 cm³/mol. The SMILES string of the molecule is CC(F)(F)CCC(NC(=O)C1CC2(CCCCC2)CN1C(=O)C(NC(=O)O)C1CCC1)C(=O)C(=O)NC1CC1. The van der Waals surface area contributed by atoms with E-state index < -0.39 is 66.5 Å². The Bertz CT molecular complexity index is 972. The van der Waals surface area contributed by atoms with E-state index in [4.69, 9.17) is 0 Å². The van der Waals surface area contributed by atoms with Crippen LogP contribution in [0.4, 0.5) is 13.6 Å². The second-order valence-corrected chi connectivity index (χ2v) is 12.1. The van der Waals surface area contributed by atoms with Crippen molar-refractivity contribution in [3.05, 3.63) is 0 Å². The van der Waals surface area contributed by atoms with E-state index in [1.54, 1.807) is 0 Å². The van der Waals surface area contributed by atoms with E-state index in [-0.39, 0.29) is 17.4 Å². The van der Waals surface area contributed by atoms with Gasteiger partial charge in [0.2, 0.25) is 23.5 Å². The minimum absolute atomic E-state index is 0.121. The van der Waals surface area contributed by atoms with Gasteiger partial charge in [-0.25, -0.2) is 13.6 Å². The number of Topliss-reactive ketones (excluding diaryl/α,β-unsaturated/α-hetero) is 1. The topological polar surface area (TPSA) is 145 Å². The number of carbonyl (C=O) groups excluding carboxylic acids is 4. The van der Waals surface area contributed by atoms with Crippen molar-refractivity contribution in [2.75, 3.05) is 6.54 Å². The van der Waals surface area contributed by atoms with E-state index in [9.17, 15) is 37.9 Å². The van der Waals surface area contributed by atoms with Gasteiger partial charge in [0.15, 0.2) is 0 Å². The Morgan fingerprint density at radius 3 is 2.21 bits per heavy atom. The molecule has 1 saturated heterocycles. The van der Waals surface area contributed by atoms with Gasteiger partial charge >= 0.3 is 6.09 Å². The third-order valence-electron chi connectivity index (χ3n) is 8.82. The van der Waals surface area contributed by atoms with Crippen molar-refractivity contribution in [3.8, 4) is 0 Å². The molecule has 218 valence electrons. The molecule has 0 aromatic heterocycles. The summed E-state index contributed by atoms with van der Waals surface area (Å²) in [5, 5.41) is 16.8. The molecule has 4 fully saturated rings. The van der Waals surface area contributed by atoms with Gasteiger partial charge < -0.3 is 26.0 Å². The summed E-state index contributed by atoms with van der Waals surface area (Å²) < 4.78 is 27.4. The molecule has 39 heavy (non-hydrogen) atoms. The predicted octanol–water partition coefficient (Wildman–Crippen LogP) is 2.74. The minimum atomic E-state index is -3.10. The normalized spacial score (nSPS) is 24.4.